The molecule has 4 heterocycles. The van der Waals surface area contributed by atoms with Crippen LogP contribution in [-0.2, 0) is 11.3 Å². The summed E-state index contributed by atoms with van der Waals surface area (Å²) in [7, 11) is 0. The minimum absolute atomic E-state index is 0.0153. The second-order valence-corrected chi connectivity index (χ2v) is 7.30. The molecule has 3 aromatic heterocycles. The average Bonchev–Trinajstić information content (AvgIpc) is 3.37. The van der Waals surface area contributed by atoms with E-state index < -0.39 is 6.43 Å². The summed E-state index contributed by atoms with van der Waals surface area (Å²) in [5.74, 6) is 0.118. The molecule has 1 fully saturated rings. The molecule has 29 heavy (non-hydrogen) atoms. The third-order valence-electron chi connectivity index (χ3n) is 5.41. The number of halogens is 2. The van der Waals surface area contributed by atoms with E-state index in [2.05, 4.69) is 20.2 Å². The molecular weight excluding hydrogens is 382 g/mol. The quantitative estimate of drug-likeness (QED) is 0.627. The van der Waals surface area contributed by atoms with Crippen LogP contribution >= 0.6 is 0 Å². The Kier molecular flexibility index (Phi) is 5.50. The molecule has 0 radical (unpaired) electrons. The van der Waals surface area contributed by atoms with Crippen molar-refractivity contribution in [2.24, 2.45) is 0 Å². The van der Waals surface area contributed by atoms with Crippen molar-refractivity contribution in [1.82, 2.24) is 29.8 Å². The minimum atomic E-state index is -2.62. The number of likely N-dealkylation sites (tertiary alicyclic amines) is 1. The number of nitrogens with zero attached hydrogens (tertiary/aromatic N) is 6. The first-order valence-electron chi connectivity index (χ1n) is 9.68. The van der Waals surface area contributed by atoms with Gasteiger partial charge >= 0.3 is 0 Å². The van der Waals surface area contributed by atoms with Crippen molar-refractivity contribution in [1.29, 1.82) is 0 Å². The maximum atomic E-state index is 13.5. The lowest BCUT2D eigenvalue weighted by Crippen LogP contribution is -2.38. The number of fused-ring (bicyclic) bond motifs is 1. The molecule has 0 bridgehead atoms. The van der Waals surface area contributed by atoms with Crippen molar-refractivity contribution in [2.75, 3.05) is 13.1 Å². The molecule has 154 valence electrons. The van der Waals surface area contributed by atoms with Gasteiger partial charge in [0.05, 0.1) is 11.1 Å². The fourth-order valence-electron chi connectivity index (χ4n) is 3.85. The van der Waals surface area contributed by atoms with Crippen LogP contribution in [0.1, 0.15) is 55.0 Å². The summed E-state index contributed by atoms with van der Waals surface area (Å²) in [6.07, 6.45) is 2.99. The lowest BCUT2D eigenvalue weighted by Gasteiger charge is -2.32. The molecule has 0 aromatic carbocycles. The summed E-state index contributed by atoms with van der Waals surface area (Å²) >= 11 is 0. The highest BCUT2D eigenvalue weighted by Gasteiger charge is 2.27. The monoisotopic (exact) mass is 404 g/mol. The number of pyridine rings is 1. The zero-order chi connectivity index (χ0) is 20.4. The molecule has 1 aliphatic heterocycles. The molecule has 0 atom stereocenters. The Bertz CT molecular complexity index is 980. The Morgan fingerprint density at radius 1 is 1.34 bits per heavy atom. The van der Waals surface area contributed by atoms with Crippen LogP contribution in [0.3, 0.4) is 0 Å². The Morgan fingerprint density at radius 3 is 2.83 bits per heavy atom. The Balaban J connectivity index is 1.37. The number of hydrogen-bond acceptors (Lipinski definition) is 6. The minimum Gasteiger partial charge on any atom is -0.343 e. The van der Waals surface area contributed by atoms with E-state index in [0.717, 1.165) is 0 Å². The smallest absolute Gasteiger partial charge is 0.264 e. The van der Waals surface area contributed by atoms with Gasteiger partial charge in [-0.1, -0.05) is 5.16 Å². The molecule has 10 heteroatoms. The van der Waals surface area contributed by atoms with Crippen LogP contribution in [0.4, 0.5) is 8.78 Å². The van der Waals surface area contributed by atoms with Crippen LogP contribution in [0.5, 0.6) is 0 Å². The molecule has 1 aliphatic rings. The summed E-state index contributed by atoms with van der Waals surface area (Å²) in [4.78, 5) is 22.6. The van der Waals surface area contributed by atoms with E-state index in [1.807, 2.05) is 4.90 Å². The molecule has 8 nitrogen and oxygen atoms in total. The fraction of sp³-hybridized carbons (Fsp3) is 0.526. The van der Waals surface area contributed by atoms with E-state index in [1.165, 1.54) is 12.4 Å². The number of amides is 1. The lowest BCUT2D eigenvalue weighted by atomic mass is 9.91. The first-order chi connectivity index (χ1) is 14.0. The number of hydrogen-bond donors (Lipinski definition) is 0. The highest BCUT2D eigenvalue weighted by atomic mass is 19.3. The summed E-state index contributed by atoms with van der Waals surface area (Å²) in [6.45, 7) is 3.46. The van der Waals surface area contributed by atoms with Gasteiger partial charge in [0.25, 0.3) is 12.1 Å². The summed E-state index contributed by atoms with van der Waals surface area (Å²) in [5.41, 5.74) is 1.07. The van der Waals surface area contributed by atoms with Crippen molar-refractivity contribution < 1.29 is 18.1 Å². The second kappa shape index (κ2) is 8.22. The molecule has 4 rings (SSSR count). The van der Waals surface area contributed by atoms with E-state index >= 15 is 0 Å². The second-order valence-electron chi connectivity index (χ2n) is 7.30. The number of rotatable bonds is 6. The molecule has 0 N–H and O–H groups in total. The van der Waals surface area contributed by atoms with Crippen molar-refractivity contribution in [3.63, 3.8) is 0 Å². The first kappa shape index (κ1) is 19.4. The van der Waals surface area contributed by atoms with Gasteiger partial charge in [-0.2, -0.15) is 5.10 Å². The highest BCUT2D eigenvalue weighted by molar-refractivity contribution is 5.80. The maximum Gasteiger partial charge on any atom is 0.264 e. The number of piperidine rings is 1. The molecule has 1 amide bonds. The van der Waals surface area contributed by atoms with Gasteiger partial charge in [0.1, 0.15) is 12.7 Å². The molecule has 0 saturated carbocycles. The van der Waals surface area contributed by atoms with Gasteiger partial charge in [-0.25, -0.2) is 18.7 Å². The van der Waals surface area contributed by atoms with Gasteiger partial charge in [-0.3, -0.25) is 9.48 Å². The highest BCUT2D eigenvalue weighted by Crippen LogP contribution is 2.34. The predicted octanol–water partition coefficient (Wildman–Crippen LogP) is 3.25. The van der Waals surface area contributed by atoms with Gasteiger partial charge in [0.2, 0.25) is 5.91 Å². The van der Waals surface area contributed by atoms with Crippen molar-refractivity contribution in [2.45, 2.75) is 51.5 Å². The normalized spacial score (nSPS) is 15.5. The van der Waals surface area contributed by atoms with Gasteiger partial charge < -0.3 is 9.42 Å². The molecule has 0 spiro atoms. The Morgan fingerprint density at radius 2 is 2.14 bits per heavy atom. The van der Waals surface area contributed by atoms with Gasteiger partial charge in [0, 0.05) is 43.2 Å². The van der Waals surface area contributed by atoms with Crippen molar-refractivity contribution >= 4 is 17.0 Å². The standard InChI is InChI=1S/C19H22F2N6O2/c1-12-17-14(18(20)21)9-15(24-19(17)29-25-12)13-4-7-26(8-5-13)16(28)3-2-6-27-11-22-10-23-27/h9-11,13,18H,2-8H2,1H3. The van der Waals surface area contributed by atoms with Crippen LogP contribution in [0.15, 0.2) is 23.2 Å². The average molecular weight is 404 g/mol. The van der Waals surface area contributed by atoms with Crippen molar-refractivity contribution in [3.8, 4) is 0 Å². The van der Waals surface area contributed by atoms with E-state index in [9.17, 15) is 13.6 Å². The zero-order valence-electron chi connectivity index (χ0n) is 16.1. The number of aryl methyl sites for hydroxylation is 2. The van der Waals surface area contributed by atoms with Crippen LogP contribution in [0.25, 0.3) is 11.1 Å². The Labute approximate surface area is 165 Å². The third-order valence-corrected chi connectivity index (χ3v) is 5.41. The van der Waals surface area contributed by atoms with Gasteiger partial charge in [-0.05, 0) is 32.3 Å². The molecule has 0 unspecified atom stereocenters. The number of alkyl halides is 2. The summed E-state index contributed by atoms with van der Waals surface area (Å²) < 4.78 is 33.9. The van der Waals surface area contributed by atoms with Crippen LogP contribution < -0.4 is 0 Å². The SMILES string of the molecule is Cc1noc2nc(C3CCN(C(=O)CCCn4cncn4)CC3)cc(C(F)F)c12. The van der Waals surface area contributed by atoms with Crippen LogP contribution in [0, 0.1) is 6.92 Å². The first-order valence-corrected chi connectivity index (χ1v) is 9.68. The van der Waals surface area contributed by atoms with Gasteiger partial charge in [-0.15, -0.1) is 0 Å². The molecule has 0 aliphatic carbocycles. The Hall–Kier alpha value is -2.91. The number of carbonyl (C=O) groups excluding carboxylic acids is 1. The van der Waals surface area contributed by atoms with Crippen molar-refractivity contribution in [3.05, 3.63) is 35.7 Å². The van der Waals surface area contributed by atoms with E-state index in [1.54, 1.807) is 17.9 Å². The summed E-state index contributed by atoms with van der Waals surface area (Å²) in [5, 5.41) is 8.09. The zero-order valence-corrected chi connectivity index (χ0v) is 16.1. The summed E-state index contributed by atoms with van der Waals surface area (Å²) in [6, 6.07) is 1.47. The molecule has 1 saturated heterocycles. The number of aromatic nitrogens is 5. The van der Waals surface area contributed by atoms with E-state index in [4.69, 9.17) is 4.52 Å². The predicted molar refractivity (Wildman–Crippen MR) is 99.3 cm³/mol. The third kappa shape index (κ3) is 4.10. The fourth-order valence-corrected chi connectivity index (χ4v) is 3.85. The maximum absolute atomic E-state index is 13.5. The molecular formula is C19H22F2N6O2. The van der Waals surface area contributed by atoms with E-state index in [-0.39, 0.29) is 23.1 Å². The lowest BCUT2D eigenvalue weighted by molar-refractivity contribution is -0.132. The number of carbonyl (C=O) groups is 1. The van der Waals surface area contributed by atoms with E-state index in [0.29, 0.717) is 62.1 Å². The molecule has 3 aromatic rings. The van der Waals surface area contributed by atoms with Crippen LogP contribution in [0.2, 0.25) is 0 Å². The van der Waals surface area contributed by atoms with Crippen LogP contribution in [-0.4, -0.2) is 48.8 Å². The topological polar surface area (TPSA) is 89.9 Å². The van der Waals surface area contributed by atoms with Gasteiger partial charge in [0.15, 0.2) is 0 Å². The largest absolute Gasteiger partial charge is 0.343 e.